The Morgan fingerprint density at radius 1 is 1.20 bits per heavy atom. The van der Waals surface area contributed by atoms with Gasteiger partial charge in [-0.15, -0.1) is 0 Å². The van der Waals surface area contributed by atoms with Gasteiger partial charge in [0.2, 0.25) is 0 Å². The molecule has 35 heavy (non-hydrogen) atoms. The third-order valence-electron chi connectivity index (χ3n) is 5.00. The molecule has 1 saturated heterocycles. The fourth-order valence-electron chi connectivity index (χ4n) is 3.07. The predicted octanol–water partition coefficient (Wildman–Crippen LogP) is 2.59. The zero-order valence-electron chi connectivity index (χ0n) is 19.3. The molecule has 0 spiro atoms. The molecule has 0 aromatic heterocycles. The zero-order chi connectivity index (χ0) is 25.5. The highest BCUT2D eigenvalue weighted by molar-refractivity contribution is 6.06. The van der Waals surface area contributed by atoms with Crippen molar-refractivity contribution in [2.24, 2.45) is 10.7 Å². The topological polar surface area (TPSA) is 126 Å². The van der Waals surface area contributed by atoms with E-state index in [1.807, 2.05) is 0 Å². The van der Waals surface area contributed by atoms with Crippen LogP contribution in [0.25, 0.3) is 0 Å². The second kappa shape index (κ2) is 11.4. The van der Waals surface area contributed by atoms with Crippen LogP contribution in [-0.4, -0.2) is 60.5 Å². The zero-order valence-corrected chi connectivity index (χ0v) is 19.3. The van der Waals surface area contributed by atoms with Crippen molar-refractivity contribution in [3.8, 4) is 17.2 Å². The van der Waals surface area contributed by atoms with Gasteiger partial charge in [0.05, 0.1) is 12.2 Å². The maximum absolute atomic E-state index is 14.7. The maximum atomic E-state index is 14.7. The van der Waals surface area contributed by atoms with Crippen LogP contribution >= 0.6 is 0 Å². The van der Waals surface area contributed by atoms with Crippen molar-refractivity contribution in [2.75, 3.05) is 26.7 Å². The van der Waals surface area contributed by atoms with E-state index < -0.39 is 40.9 Å². The number of hydrogen-bond donors (Lipinski definition) is 3. The third kappa shape index (κ3) is 6.54. The molecule has 1 unspecified atom stereocenters. The normalized spacial score (nSPS) is 14.4. The number of carbonyl (C=O) groups is 2. The fourth-order valence-corrected chi connectivity index (χ4v) is 3.07. The van der Waals surface area contributed by atoms with Gasteiger partial charge >= 0.3 is 0 Å². The Hall–Kier alpha value is -3.99. The summed E-state index contributed by atoms with van der Waals surface area (Å²) in [6.45, 7) is 2.27. The number of rotatable bonds is 9. The quantitative estimate of drug-likeness (QED) is 0.366. The predicted molar refractivity (Wildman–Crippen MR) is 125 cm³/mol. The average Bonchev–Trinajstić information content (AvgIpc) is 2.78. The first-order valence-corrected chi connectivity index (χ1v) is 10.8. The number of amidine groups is 1. The second-order valence-corrected chi connectivity index (χ2v) is 7.78. The highest BCUT2D eigenvalue weighted by atomic mass is 19.1. The Bertz CT molecular complexity index is 1160. The molecule has 1 aliphatic rings. The number of nitrogens with one attached hydrogen (secondary N) is 1. The molecule has 1 aliphatic heterocycles. The number of halogens is 2. The summed E-state index contributed by atoms with van der Waals surface area (Å²) < 4.78 is 40.4. The van der Waals surface area contributed by atoms with E-state index in [0.717, 1.165) is 18.6 Å². The number of amides is 2. The highest BCUT2D eigenvalue weighted by Gasteiger charge is 2.26. The van der Waals surface area contributed by atoms with Gasteiger partial charge in [-0.2, -0.15) is 4.99 Å². The van der Waals surface area contributed by atoms with Crippen LogP contribution in [-0.2, 0) is 0 Å². The number of nitrogens with zero attached hydrogens (tertiary/aromatic N) is 2. The van der Waals surface area contributed by atoms with Crippen molar-refractivity contribution in [1.29, 1.82) is 0 Å². The van der Waals surface area contributed by atoms with E-state index >= 15 is 0 Å². The van der Waals surface area contributed by atoms with Crippen molar-refractivity contribution in [3.05, 3.63) is 65.4 Å². The number of aliphatic imine (C=N–C) groups is 1. The number of benzene rings is 2. The summed E-state index contributed by atoms with van der Waals surface area (Å²) in [5.41, 5.74) is 5.30. The number of nitrogens with two attached hydrogens (primary N) is 1. The van der Waals surface area contributed by atoms with Crippen LogP contribution in [0.5, 0.6) is 17.2 Å². The number of likely N-dealkylation sites (tertiary alicyclic amines) is 1. The summed E-state index contributed by atoms with van der Waals surface area (Å²) in [5, 5.41) is 12.0. The summed E-state index contributed by atoms with van der Waals surface area (Å²) in [7, 11) is 1.65. The third-order valence-corrected chi connectivity index (χ3v) is 5.00. The lowest BCUT2D eigenvalue weighted by atomic mass is 10.1. The minimum absolute atomic E-state index is 0.00564. The summed E-state index contributed by atoms with van der Waals surface area (Å²) in [4.78, 5) is 30.1. The molecular formula is C24H26F2N4O5. The Morgan fingerprint density at radius 3 is 2.54 bits per heavy atom. The SMILES string of the molecule is CNC=CC(N)=NC(=O)c1cc(Oc2cc(F)c(C(=O)N3CCC3)cc2F)cc(OC(C)CO)c1. The number of aliphatic hydroxyl groups excluding tert-OH is 1. The molecule has 11 heteroatoms. The van der Waals surface area contributed by atoms with Gasteiger partial charge in [0.25, 0.3) is 11.8 Å². The molecule has 1 fully saturated rings. The first-order chi connectivity index (χ1) is 16.7. The standard InChI is InChI=1S/C24H26F2N4O5/c1-14(13-31)34-16-8-15(23(32)29-22(27)4-5-28-2)9-17(10-16)35-21-12-19(25)18(11-20(21)26)24(33)30-6-3-7-30/h4-5,8-12,14,28,31H,3,6-7,13H2,1-2H3,(H2,27,29,32). The molecular weight excluding hydrogens is 462 g/mol. The summed E-state index contributed by atoms with van der Waals surface area (Å²) in [6.07, 6.45) is 3.05. The molecule has 0 bridgehead atoms. The molecule has 4 N–H and O–H groups in total. The minimum atomic E-state index is -0.960. The lowest BCUT2D eigenvalue weighted by Gasteiger charge is -2.31. The van der Waals surface area contributed by atoms with Gasteiger partial charge in [0.1, 0.15) is 29.3 Å². The average molecular weight is 488 g/mol. The van der Waals surface area contributed by atoms with E-state index in [1.165, 1.54) is 35.4 Å². The van der Waals surface area contributed by atoms with Crippen LogP contribution < -0.4 is 20.5 Å². The summed E-state index contributed by atoms with van der Waals surface area (Å²) >= 11 is 0. The molecule has 2 aromatic rings. The monoisotopic (exact) mass is 488 g/mol. The molecule has 9 nitrogen and oxygen atoms in total. The van der Waals surface area contributed by atoms with Crippen molar-refractivity contribution in [1.82, 2.24) is 10.2 Å². The fraction of sp³-hybridized carbons (Fsp3) is 0.292. The Balaban J connectivity index is 1.93. The van der Waals surface area contributed by atoms with Gasteiger partial charge in [-0.3, -0.25) is 9.59 Å². The van der Waals surface area contributed by atoms with Crippen LogP contribution in [0.1, 0.15) is 34.1 Å². The smallest absolute Gasteiger partial charge is 0.279 e. The van der Waals surface area contributed by atoms with Crippen molar-refractivity contribution in [2.45, 2.75) is 19.4 Å². The molecule has 186 valence electrons. The molecule has 0 saturated carbocycles. The molecule has 1 heterocycles. The first-order valence-electron chi connectivity index (χ1n) is 10.8. The summed E-state index contributed by atoms with van der Waals surface area (Å²) in [6, 6.07) is 5.50. The molecule has 2 aromatic carbocycles. The minimum Gasteiger partial charge on any atom is -0.488 e. The molecule has 2 amide bonds. The molecule has 1 atom stereocenters. The molecule has 3 rings (SSSR count). The van der Waals surface area contributed by atoms with Gasteiger partial charge in [-0.25, -0.2) is 8.78 Å². The largest absolute Gasteiger partial charge is 0.488 e. The van der Waals surface area contributed by atoms with Crippen molar-refractivity contribution < 1.29 is 33.0 Å². The number of carbonyl (C=O) groups excluding carboxylic acids is 2. The van der Waals surface area contributed by atoms with E-state index in [2.05, 4.69) is 10.3 Å². The van der Waals surface area contributed by atoms with Crippen molar-refractivity contribution in [3.63, 3.8) is 0 Å². The number of hydrogen-bond acceptors (Lipinski definition) is 6. The van der Waals surface area contributed by atoms with E-state index in [4.69, 9.17) is 15.2 Å². The van der Waals surface area contributed by atoms with Crippen LogP contribution in [0, 0.1) is 11.6 Å². The van der Waals surface area contributed by atoms with E-state index in [0.29, 0.717) is 13.1 Å². The van der Waals surface area contributed by atoms with Crippen LogP contribution in [0.3, 0.4) is 0 Å². The Morgan fingerprint density at radius 2 is 1.91 bits per heavy atom. The van der Waals surface area contributed by atoms with Gasteiger partial charge in [0.15, 0.2) is 11.6 Å². The van der Waals surface area contributed by atoms with Crippen molar-refractivity contribution >= 4 is 17.6 Å². The van der Waals surface area contributed by atoms with Crippen LogP contribution in [0.2, 0.25) is 0 Å². The van der Waals surface area contributed by atoms with E-state index in [1.54, 1.807) is 14.0 Å². The lowest BCUT2D eigenvalue weighted by Crippen LogP contribution is -2.42. The van der Waals surface area contributed by atoms with Crippen LogP contribution in [0.15, 0.2) is 47.6 Å². The van der Waals surface area contributed by atoms with Gasteiger partial charge in [0, 0.05) is 37.8 Å². The van der Waals surface area contributed by atoms with E-state index in [9.17, 15) is 23.5 Å². The van der Waals surface area contributed by atoms with Gasteiger partial charge in [-0.05, 0) is 43.8 Å². The summed E-state index contributed by atoms with van der Waals surface area (Å²) in [5.74, 6) is -3.73. The number of aliphatic hydroxyl groups is 1. The lowest BCUT2D eigenvalue weighted by molar-refractivity contribution is 0.0646. The molecule has 0 radical (unpaired) electrons. The van der Waals surface area contributed by atoms with E-state index in [-0.39, 0.29) is 29.5 Å². The molecule has 0 aliphatic carbocycles. The van der Waals surface area contributed by atoms with Gasteiger partial charge < -0.3 is 30.5 Å². The van der Waals surface area contributed by atoms with Gasteiger partial charge in [-0.1, -0.05) is 0 Å². The highest BCUT2D eigenvalue weighted by Crippen LogP contribution is 2.32. The number of ether oxygens (including phenoxy) is 2. The second-order valence-electron chi connectivity index (χ2n) is 7.78. The van der Waals surface area contributed by atoms with Crippen LogP contribution in [0.4, 0.5) is 8.78 Å². The Labute approximate surface area is 200 Å². The first kappa shape index (κ1) is 25.6. The Kier molecular flexibility index (Phi) is 8.37. The maximum Gasteiger partial charge on any atom is 0.279 e.